The molecule has 0 spiro atoms. The van der Waals surface area contributed by atoms with Crippen LogP contribution in [0.4, 0.5) is 18.9 Å². The third-order valence-electron chi connectivity index (χ3n) is 3.70. The van der Waals surface area contributed by atoms with Crippen LogP contribution in [0, 0.1) is 17.0 Å². The normalized spacial score (nSPS) is 11.2. The van der Waals surface area contributed by atoms with Gasteiger partial charge in [-0.15, -0.1) is 0 Å². The van der Waals surface area contributed by atoms with Crippen molar-refractivity contribution in [3.63, 3.8) is 0 Å². The summed E-state index contributed by atoms with van der Waals surface area (Å²) in [5.74, 6) is -0.574. The first-order valence-corrected chi connectivity index (χ1v) is 7.27. The number of benzene rings is 2. The van der Waals surface area contributed by atoms with Crippen molar-refractivity contribution in [1.29, 1.82) is 0 Å². The van der Waals surface area contributed by atoms with Crippen molar-refractivity contribution < 1.29 is 22.9 Å². The zero-order valence-corrected chi connectivity index (χ0v) is 13.5. The van der Waals surface area contributed by atoms with Gasteiger partial charge in [0.25, 0.3) is 11.6 Å². The van der Waals surface area contributed by atoms with Crippen LogP contribution < -0.4 is 0 Å². The monoisotopic (exact) mass is 352 g/mol. The lowest BCUT2D eigenvalue weighted by atomic mass is 10.1. The van der Waals surface area contributed by atoms with Crippen molar-refractivity contribution >= 4 is 11.6 Å². The van der Waals surface area contributed by atoms with Crippen LogP contribution in [0.2, 0.25) is 0 Å². The summed E-state index contributed by atoms with van der Waals surface area (Å²) >= 11 is 0. The molecule has 0 aliphatic carbocycles. The van der Waals surface area contributed by atoms with Crippen LogP contribution in [0.3, 0.4) is 0 Å². The van der Waals surface area contributed by atoms with Gasteiger partial charge in [0, 0.05) is 19.2 Å². The maximum absolute atomic E-state index is 12.6. The Balaban J connectivity index is 2.22. The number of aryl methyl sites for hydroxylation is 1. The van der Waals surface area contributed by atoms with E-state index in [9.17, 15) is 28.1 Å². The van der Waals surface area contributed by atoms with Crippen molar-refractivity contribution in [2.24, 2.45) is 0 Å². The van der Waals surface area contributed by atoms with Gasteiger partial charge in [0.2, 0.25) is 0 Å². The number of alkyl halides is 3. The lowest BCUT2D eigenvalue weighted by molar-refractivity contribution is -0.385. The molecule has 0 aliphatic heterocycles. The quantitative estimate of drug-likeness (QED) is 0.612. The highest BCUT2D eigenvalue weighted by Gasteiger charge is 2.30. The van der Waals surface area contributed by atoms with E-state index in [4.69, 9.17) is 0 Å². The molecule has 2 aromatic rings. The zero-order chi connectivity index (χ0) is 18.8. The number of hydrogen-bond donors (Lipinski definition) is 0. The van der Waals surface area contributed by atoms with Crippen LogP contribution in [0.25, 0.3) is 0 Å². The molecule has 0 fully saturated rings. The Morgan fingerprint density at radius 2 is 1.76 bits per heavy atom. The number of carbonyl (C=O) groups excluding carboxylic acids is 1. The highest BCUT2D eigenvalue weighted by molar-refractivity contribution is 5.98. The van der Waals surface area contributed by atoms with E-state index in [0.29, 0.717) is 11.1 Å². The van der Waals surface area contributed by atoms with E-state index in [1.807, 2.05) is 0 Å². The third kappa shape index (κ3) is 4.14. The Bertz CT molecular complexity index is 802. The van der Waals surface area contributed by atoms with Gasteiger partial charge >= 0.3 is 6.18 Å². The SMILES string of the molecule is Cc1cccc(C(=O)N(C)Cc2ccc(C(F)(F)F)cc2)c1[N+](=O)[O-]. The van der Waals surface area contributed by atoms with E-state index < -0.39 is 22.6 Å². The van der Waals surface area contributed by atoms with Crippen LogP contribution in [0.1, 0.15) is 27.0 Å². The summed E-state index contributed by atoms with van der Waals surface area (Å²) in [6.45, 7) is 1.56. The van der Waals surface area contributed by atoms with Crippen LogP contribution in [0.5, 0.6) is 0 Å². The minimum Gasteiger partial charge on any atom is -0.337 e. The molecule has 25 heavy (non-hydrogen) atoms. The first-order chi connectivity index (χ1) is 11.6. The van der Waals surface area contributed by atoms with Crippen molar-refractivity contribution in [2.75, 3.05) is 7.05 Å². The number of nitrogens with zero attached hydrogens (tertiary/aromatic N) is 2. The van der Waals surface area contributed by atoms with Gasteiger partial charge < -0.3 is 4.90 Å². The number of para-hydroxylation sites is 1. The van der Waals surface area contributed by atoms with Gasteiger partial charge in [-0.3, -0.25) is 14.9 Å². The van der Waals surface area contributed by atoms with Crippen LogP contribution in [-0.2, 0) is 12.7 Å². The molecule has 0 radical (unpaired) electrons. The molecule has 0 aliphatic rings. The topological polar surface area (TPSA) is 63.5 Å². The molecule has 132 valence electrons. The smallest absolute Gasteiger partial charge is 0.337 e. The van der Waals surface area contributed by atoms with E-state index in [1.54, 1.807) is 6.07 Å². The molecule has 0 saturated heterocycles. The molecule has 1 amide bonds. The van der Waals surface area contributed by atoms with Crippen molar-refractivity contribution in [3.8, 4) is 0 Å². The fourth-order valence-corrected chi connectivity index (χ4v) is 2.42. The standard InChI is InChI=1S/C17H15F3N2O3/c1-11-4-3-5-14(15(11)22(24)25)16(23)21(2)10-12-6-8-13(9-7-12)17(18,19)20/h3-9H,10H2,1-2H3. The van der Waals surface area contributed by atoms with Gasteiger partial charge in [0.15, 0.2) is 0 Å². The lowest BCUT2D eigenvalue weighted by Gasteiger charge is -2.18. The molecule has 0 heterocycles. The molecule has 8 heteroatoms. The first kappa shape index (κ1) is 18.4. The zero-order valence-electron chi connectivity index (χ0n) is 13.5. The Morgan fingerprint density at radius 3 is 2.28 bits per heavy atom. The molecule has 0 unspecified atom stereocenters. The van der Waals surface area contributed by atoms with Gasteiger partial charge in [0.1, 0.15) is 5.56 Å². The Morgan fingerprint density at radius 1 is 1.16 bits per heavy atom. The van der Waals surface area contributed by atoms with Crippen molar-refractivity contribution in [2.45, 2.75) is 19.6 Å². The molecule has 2 rings (SSSR count). The maximum Gasteiger partial charge on any atom is 0.416 e. The molecular formula is C17H15F3N2O3. The predicted molar refractivity (Wildman–Crippen MR) is 85.1 cm³/mol. The summed E-state index contributed by atoms with van der Waals surface area (Å²) in [4.78, 5) is 24.3. The Labute approximate surface area is 141 Å². The molecular weight excluding hydrogens is 337 g/mol. The van der Waals surface area contributed by atoms with E-state index in [-0.39, 0.29) is 17.8 Å². The van der Waals surface area contributed by atoms with E-state index in [0.717, 1.165) is 12.1 Å². The Hall–Kier alpha value is -2.90. The fourth-order valence-electron chi connectivity index (χ4n) is 2.42. The average Bonchev–Trinajstić information content (AvgIpc) is 2.53. The van der Waals surface area contributed by atoms with Crippen molar-refractivity contribution in [1.82, 2.24) is 4.90 Å². The third-order valence-corrected chi connectivity index (χ3v) is 3.70. The van der Waals surface area contributed by atoms with Gasteiger partial charge in [-0.1, -0.05) is 24.3 Å². The minimum absolute atomic E-state index is 0.0298. The molecule has 0 saturated carbocycles. The van der Waals surface area contributed by atoms with Crippen LogP contribution in [0.15, 0.2) is 42.5 Å². The van der Waals surface area contributed by atoms with Gasteiger partial charge in [-0.25, -0.2) is 0 Å². The number of nitro benzene ring substituents is 1. The summed E-state index contributed by atoms with van der Waals surface area (Å²) in [6, 6.07) is 8.85. The number of carbonyl (C=O) groups is 1. The highest BCUT2D eigenvalue weighted by atomic mass is 19.4. The molecule has 0 bridgehead atoms. The molecule has 0 N–H and O–H groups in total. The summed E-state index contributed by atoms with van der Waals surface area (Å²) < 4.78 is 37.7. The summed E-state index contributed by atoms with van der Waals surface area (Å²) in [6.07, 6.45) is -4.43. The van der Waals surface area contributed by atoms with E-state index >= 15 is 0 Å². The first-order valence-electron chi connectivity index (χ1n) is 7.27. The van der Waals surface area contributed by atoms with E-state index in [1.165, 1.54) is 43.1 Å². The lowest BCUT2D eigenvalue weighted by Crippen LogP contribution is -2.27. The minimum atomic E-state index is -4.43. The second-order valence-electron chi connectivity index (χ2n) is 5.58. The molecule has 2 aromatic carbocycles. The number of hydrogen-bond acceptors (Lipinski definition) is 3. The predicted octanol–water partition coefficient (Wildman–Crippen LogP) is 4.19. The largest absolute Gasteiger partial charge is 0.416 e. The van der Waals surface area contributed by atoms with Crippen LogP contribution >= 0.6 is 0 Å². The fraction of sp³-hybridized carbons (Fsp3) is 0.235. The van der Waals surface area contributed by atoms with Crippen LogP contribution in [-0.4, -0.2) is 22.8 Å². The molecule has 0 atom stereocenters. The maximum atomic E-state index is 12.6. The van der Waals surface area contributed by atoms with E-state index in [2.05, 4.69) is 0 Å². The number of nitro groups is 1. The van der Waals surface area contributed by atoms with Gasteiger partial charge in [0.05, 0.1) is 10.5 Å². The Kier molecular flexibility index (Phi) is 5.10. The molecule has 5 nitrogen and oxygen atoms in total. The second kappa shape index (κ2) is 6.92. The molecule has 0 aromatic heterocycles. The average molecular weight is 352 g/mol. The number of amides is 1. The number of halogens is 3. The second-order valence-corrected chi connectivity index (χ2v) is 5.58. The summed E-state index contributed by atoms with van der Waals surface area (Å²) in [7, 11) is 1.44. The van der Waals surface area contributed by atoms with Gasteiger partial charge in [-0.2, -0.15) is 13.2 Å². The highest BCUT2D eigenvalue weighted by Crippen LogP contribution is 2.29. The number of rotatable bonds is 4. The summed E-state index contributed by atoms with van der Waals surface area (Å²) in [5.41, 5.74) is -0.260. The summed E-state index contributed by atoms with van der Waals surface area (Å²) in [5, 5.41) is 11.2. The van der Waals surface area contributed by atoms with Crippen molar-refractivity contribution in [3.05, 3.63) is 74.8 Å². The van der Waals surface area contributed by atoms with Gasteiger partial charge in [-0.05, 0) is 30.7 Å².